The Labute approximate surface area is 366 Å². The molecule has 0 saturated heterocycles. The van der Waals surface area contributed by atoms with Crippen LogP contribution in [0.25, 0.3) is 11.1 Å². The normalized spacial score (nSPS) is 19.6. The van der Waals surface area contributed by atoms with Gasteiger partial charge in [-0.2, -0.15) is 0 Å². The second-order valence-corrected chi connectivity index (χ2v) is 19.7. The highest BCUT2D eigenvalue weighted by Crippen LogP contribution is 2.55. The number of hydrogen-bond donors (Lipinski definition) is 2. The third kappa shape index (κ3) is 13.0. The molecule has 0 aliphatic carbocycles. The Morgan fingerprint density at radius 1 is 0.467 bits per heavy atom. The molecule has 0 aromatic heterocycles. The molecule has 0 fully saturated rings. The highest BCUT2D eigenvalue weighted by Gasteiger charge is 2.39. The number of phenols is 2. The number of allylic oxidation sites excluding steroid dienone is 12. The fourth-order valence-corrected chi connectivity index (χ4v) is 8.98. The van der Waals surface area contributed by atoms with E-state index in [9.17, 15) is 10.2 Å². The highest BCUT2D eigenvalue weighted by atomic mass is 16.5. The van der Waals surface area contributed by atoms with Gasteiger partial charge >= 0.3 is 0 Å². The molecule has 2 aromatic carbocycles. The maximum absolute atomic E-state index is 12.0. The first-order chi connectivity index (χ1) is 28.3. The van der Waals surface area contributed by atoms with Gasteiger partial charge in [-0.25, -0.2) is 0 Å². The fourth-order valence-electron chi connectivity index (χ4n) is 8.98. The molecule has 2 N–H and O–H groups in total. The first kappa shape index (κ1) is 48.7. The standard InChI is InChI=1S/C56H82O4/c1-37(2)21-15-23-39(5)25-17-27-41(7)29-19-33-55(13)35-31-47-49(51(57)43(9)45(11)53(47)59-55)50-48-32-36-56(14,60-54(48)46(12)44(10)52(50)58)34-20-30-42(8)28-18-26-40(6)24-16-22-38(3)4/h21-22,25-26,29-30,57-58H,15-20,23-24,27-28,31-36H2,1-14H3/b39-25+,40-26+,41-29+,42-30+/t55-,56-/m0/s1. The molecule has 4 heteroatoms. The molecule has 60 heavy (non-hydrogen) atoms. The minimum absolute atomic E-state index is 0.242. The number of rotatable bonds is 19. The second-order valence-electron chi connectivity index (χ2n) is 19.7. The second kappa shape index (κ2) is 21.7. The molecule has 2 heterocycles. The lowest BCUT2D eigenvalue weighted by Gasteiger charge is -2.40. The Kier molecular flexibility index (Phi) is 17.7. The van der Waals surface area contributed by atoms with Crippen molar-refractivity contribution in [3.8, 4) is 34.1 Å². The van der Waals surface area contributed by atoms with Crippen LogP contribution in [0.3, 0.4) is 0 Å². The van der Waals surface area contributed by atoms with E-state index >= 15 is 0 Å². The predicted molar refractivity (Wildman–Crippen MR) is 258 cm³/mol. The Bertz CT molecular complexity index is 1880. The average Bonchev–Trinajstić information content (AvgIpc) is 3.17. The first-order valence-electron chi connectivity index (χ1n) is 23.2. The molecule has 0 amide bonds. The predicted octanol–water partition coefficient (Wildman–Crippen LogP) is 16.6. The van der Waals surface area contributed by atoms with Gasteiger partial charge in [0.2, 0.25) is 0 Å². The van der Waals surface area contributed by atoms with E-state index in [1.165, 1.54) is 33.4 Å². The summed E-state index contributed by atoms with van der Waals surface area (Å²) in [6.45, 7) is 30.2. The van der Waals surface area contributed by atoms with Crippen LogP contribution < -0.4 is 9.47 Å². The molecular formula is C56H82O4. The first-order valence-corrected chi connectivity index (χ1v) is 23.2. The number of phenolic OH excluding ortho intramolecular Hbond substituents is 2. The molecule has 0 radical (unpaired) electrons. The van der Waals surface area contributed by atoms with E-state index < -0.39 is 0 Å². The molecule has 2 atom stereocenters. The lowest BCUT2D eigenvalue weighted by Crippen LogP contribution is -2.37. The summed E-state index contributed by atoms with van der Waals surface area (Å²) in [7, 11) is 0. The summed E-state index contributed by atoms with van der Waals surface area (Å²) in [6.07, 6.45) is 30.1. The van der Waals surface area contributed by atoms with Crippen molar-refractivity contribution in [2.75, 3.05) is 0 Å². The molecule has 4 nitrogen and oxygen atoms in total. The molecule has 0 unspecified atom stereocenters. The molecule has 4 rings (SSSR count). The van der Waals surface area contributed by atoms with E-state index in [1.54, 1.807) is 0 Å². The van der Waals surface area contributed by atoms with Crippen molar-refractivity contribution in [1.29, 1.82) is 0 Å². The van der Waals surface area contributed by atoms with Crippen molar-refractivity contribution in [1.82, 2.24) is 0 Å². The molecule has 2 aliphatic heterocycles. The van der Waals surface area contributed by atoms with Gasteiger partial charge in [-0.05, 0) is 222 Å². The SMILES string of the molecule is CC(C)=CCC/C(C)=C/CC/C(C)=C/CC[C@@]1(C)CCc2c(c(C)c(C)c(O)c2-c2c(O)c(C)c(C)c3c2CC[C@](C)(CC/C=C(\C)CC/C=C(\C)CCC=C(C)C)O3)O1. The van der Waals surface area contributed by atoms with Gasteiger partial charge in [0, 0.05) is 22.3 Å². The molecule has 2 aliphatic rings. The van der Waals surface area contributed by atoms with Crippen molar-refractivity contribution in [2.24, 2.45) is 0 Å². The Balaban J connectivity index is 1.50. The third-order valence-electron chi connectivity index (χ3n) is 13.5. The average molecular weight is 819 g/mol. The summed E-state index contributed by atoms with van der Waals surface area (Å²) in [5, 5.41) is 23.9. The Morgan fingerprint density at radius 3 is 1.08 bits per heavy atom. The van der Waals surface area contributed by atoms with Gasteiger partial charge in [0.25, 0.3) is 0 Å². The van der Waals surface area contributed by atoms with Crippen LogP contribution in [0.4, 0.5) is 0 Å². The summed E-state index contributed by atoms with van der Waals surface area (Å²) in [6, 6.07) is 0. The third-order valence-corrected chi connectivity index (χ3v) is 13.5. The smallest absolute Gasteiger partial charge is 0.127 e. The van der Waals surface area contributed by atoms with Crippen LogP contribution in [0.2, 0.25) is 0 Å². The lowest BCUT2D eigenvalue weighted by atomic mass is 9.78. The van der Waals surface area contributed by atoms with Crippen LogP contribution in [0.15, 0.2) is 69.9 Å². The van der Waals surface area contributed by atoms with E-state index in [2.05, 4.69) is 120 Å². The molecule has 0 bridgehead atoms. The van der Waals surface area contributed by atoms with E-state index in [0.717, 1.165) is 159 Å². The quantitative estimate of drug-likeness (QED) is 0.139. The topological polar surface area (TPSA) is 58.9 Å². The van der Waals surface area contributed by atoms with Gasteiger partial charge < -0.3 is 19.7 Å². The summed E-state index contributed by atoms with van der Waals surface area (Å²) in [4.78, 5) is 0. The van der Waals surface area contributed by atoms with Gasteiger partial charge in [0.1, 0.15) is 34.2 Å². The monoisotopic (exact) mass is 819 g/mol. The van der Waals surface area contributed by atoms with E-state index in [1.807, 2.05) is 13.8 Å². The highest BCUT2D eigenvalue weighted by molar-refractivity contribution is 5.88. The minimum atomic E-state index is -0.319. The maximum Gasteiger partial charge on any atom is 0.127 e. The summed E-state index contributed by atoms with van der Waals surface area (Å²) < 4.78 is 14.0. The van der Waals surface area contributed by atoms with Gasteiger partial charge in [-0.1, -0.05) is 69.9 Å². The summed E-state index contributed by atoms with van der Waals surface area (Å²) in [5.74, 6) is 2.22. The maximum atomic E-state index is 12.0. The van der Waals surface area contributed by atoms with E-state index in [0.29, 0.717) is 0 Å². The number of hydrogen-bond acceptors (Lipinski definition) is 4. The summed E-state index contributed by atoms with van der Waals surface area (Å²) in [5.41, 5.74) is 15.0. The van der Waals surface area contributed by atoms with Gasteiger partial charge in [-0.3, -0.25) is 0 Å². The lowest BCUT2D eigenvalue weighted by molar-refractivity contribution is 0.0553. The van der Waals surface area contributed by atoms with E-state index in [-0.39, 0.29) is 22.7 Å². The zero-order valence-electron chi connectivity index (χ0n) is 40.5. The van der Waals surface area contributed by atoms with Crippen LogP contribution in [0.5, 0.6) is 23.0 Å². The van der Waals surface area contributed by atoms with Crippen molar-refractivity contribution >= 4 is 0 Å². The van der Waals surface area contributed by atoms with Crippen LogP contribution in [-0.2, 0) is 12.8 Å². The Morgan fingerprint density at radius 2 is 0.767 bits per heavy atom. The zero-order valence-corrected chi connectivity index (χ0v) is 40.5. The number of fused-ring (bicyclic) bond motifs is 2. The van der Waals surface area contributed by atoms with Crippen molar-refractivity contribution in [3.05, 3.63) is 103 Å². The molecular weight excluding hydrogens is 737 g/mol. The molecule has 330 valence electrons. The van der Waals surface area contributed by atoms with Crippen molar-refractivity contribution in [3.63, 3.8) is 0 Å². The fraction of sp³-hybridized carbons (Fsp3) is 0.571. The van der Waals surface area contributed by atoms with Crippen LogP contribution in [0, 0.1) is 27.7 Å². The van der Waals surface area contributed by atoms with Crippen molar-refractivity contribution < 1.29 is 19.7 Å². The van der Waals surface area contributed by atoms with Crippen molar-refractivity contribution in [2.45, 2.75) is 211 Å². The molecule has 2 aromatic rings. The summed E-state index contributed by atoms with van der Waals surface area (Å²) >= 11 is 0. The van der Waals surface area contributed by atoms with Gasteiger partial charge in [0.05, 0.1) is 0 Å². The number of aromatic hydroxyl groups is 2. The van der Waals surface area contributed by atoms with Crippen LogP contribution in [0.1, 0.15) is 193 Å². The molecule has 0 saturated carbocycles. The zero-order chi connectivity index (χ0) is 44.4. The number of ether oxygens (including phenoxy) is 2. The number of benzene rings is 2. The van der Waals surface area contributed by atoms with Gasteiger partial charge in [0.15, 0.2) is 0 Å². The van der Waals surface area contributed by atoms with Crippen LogP contribution >= 0.6 is 0 Å². The largest absolute Gasteiger partial charge is 0.507 e. The van der Waals surface area contributed by atoms with Gasteiger partial charge in [-0.15, -0.1) is 0 Å². The minimum Gasteiger partial charge on any atom is -0.507 e. The Hall–Kier alpha value is -3.92. The molecule has 0 spiro atoms. The van der Waals surface area contributed by atoms with Crippen LogP contribution in [-0.4, -0.2) is 21.4 Å². The van der Waals surface area contributed by atoms with E-state index in [4.69, 9.17) is 9.47 Å².